The molecule has 1 fully saturated rings. The Bertz CT molecular complexity index is 371. The minimum absolute atomic E-state index is 0.00212. The quantitative estimate of drug-likeness (QED) is 0.886. The van der Waals surface area contributed by atoms with Gasteiger partial charge in [0.1, 0.15) is 0 Å². The molecule has 1 atom stereocenters. The second-order valence-electron chi connectivity index (χ2n) is 5.25. The van der Waals surface area contributed by atoms with Crippen LogP contribution in [-0.4, -0.2) is 10.9 Å². The lowest BCUT2D eigenvalue weighted by molar-refractivity contribution is -0.122. The fraction of sp³-hybridized carbons (Fsp3) is 0.600. The van der Waals surface area contributed by atoms with Gasteiger partial charge in [-0.15, -0.1) is 0 Å². The number of hydrogen-bond acceptors (Lipinski definition) is 2. The van der Waals surface area contributed by atoms with Crippen molar-refractivity contribution in [2.45, 2.75) is 51.5 Å². The van der Waals surface area contributed by atoms with Crippen LogP contribution in [-0.2, 0) is 4.79 Å². The van der Waals surface area contributed by atoms with Crippen LogP contribution in [0.15, 0.2) is 24.4 Å². The van der Waals surface area contributed by atoms with Crippen molar-refractivity contribution >= 4 is 5.91 Å². The van der Waals surface area contributed by atoms with Crippen molar-refractivity contribution in [3.63, 3.8) is 0 Å². The zero-order valence-corrected chi connectivity index (χ0v) is 11.1. The molecule has 1 saturated carbocycles. The molecule has 18 heavy (non-hydrogen) atoms. The molecule has 1 amide bonds. The Morgan fingerprint density at radius 3 is 2.83 bits per heavy atom. The van der Waals surface area contributed by atoms with Crippen molar-refractivity contribution in [3.8, 4) is 0 Å². The van der Waals surface area contributed by atoms with Gasteiger partial charge < -0.3 is 5.32 Å². The zero-order chi connectivity index (χ0) is 12.8. The van der Waals surface area contributed by atoms with E-state index in [4.69, 9.17) is 0 Å². The lowest BCUT2D eigenvalue weighted by atomic mass is 9.87. The number of rotatable bonds is 4. The fourth-order valence-electron chi connectivity index (χ4n) is 2.66. The van der Waals surface area contributed by atoms with Crippen LogP contribution in [0.5, 0.6) is 0 Å². The van der Waals surface area contributed by atoms with E-state index in [1.54, 1.807) is 6.20 Å². The van der Waals surface area contributed by atoms with E-state index in [1.165, 1.54) is 32.1 Å². The molecule has 98 valence electrons. The Morgan fingerprint density at radius 2 is 2.17 bits per heavy atom. The Hall–Kier alpha value is -1.38. The summed E-state index contributed by atoms with van der Waals surface area (Å²) in [6.07, 6.45) is 8.77. The standard InChI is InChI=1S/C15H22N2O/c1-12(14-9-5-6-10-16-14)17-15(18)11-13-7-3-2-4-8-13/h5-6,9-10,12-13H,2-4,7-8,11H2,1H3,(H,17,18)/t12-/m1/s1. The van der Waals surface area contributed by atoms with Crippen molar-refractivity contribution in [2.24, 2.45) is 5.92 Å². The van der Waals surface area contributed by atoms with Gasteiger partial charge in [-0.25, -0.2) is 0 Å². The van der Waals surface area contributed by atoms with Gasteiger partial charge in [0.15, 0.2) is 0 Å². The van der Waals surface area contributed by atoms with Crippen molar-refractivity contribution in [3.05, 3.63) is 30.1 Å². The smallest absolute Gasteiger partial charge is 0.220 e. The van der Waals surface area contributed by atoms with E-state index >= 15 is 0 Å². The topological polar surface area (TPSA) is 42.0 Å². The van der Waals surface area contributed by atoms with Crippen LogP contribution in [0.4, 0.5) is 0 Å². The number of amides is 1. The minimum atomic E-state index is 0.00212. The third kappa shape index (κ3) is 3.83. The van der Waals surface area contributed by atoms with Crippen LogP contribution in [0.3, 0.4) is 0 Å². The summed E-state index contributed by atoms with van der Waals surface area (Å²) in [6, 6.07) is 5.79. The third-order valence-electron chi connectivity index (χ3n) is 3.71. The molecular formula is C15H22N2O. The van der Waals surface area contributed by atoms with Gasteiger partial charge in [0.25, 0.3) is 0 Å². The number of aromatic nitrogens is 1. The molecule has 1 aromatic rings. The number of nitrogens with zero attached hydrogens (tertiary/aromatic N) is 1. The highest BCUT2D eigenvalue weighted by atomic mass is 16.1. The molecule has 3 heteroatoms. The maximum absolute atomic E-state index is 12.0. The van der Waals surface area contributed by atoms with Gasteiger partial charge in [-0.2, -0.15) is 0 Å². The Labute approximate surface area is 109 Å². The molecule has 1 heterocycles. The summed E-state index contributed by atoms with van der Waals surface area (Å²) in [4.78, 5) is 16.2. The molecule has 0 aliphatic heterocycles. The Kier molecular flexibility index (Phi) is 4.73. The maximum Gasteiger partial charge on any atom is 0.220 e. The van der Waals surface area contributed by atoms with Gasteiger partial charge in [-0.1, -0.05) is 25.3 Å². The van der Waals surface area contributed by atoms with Crippen LogP contribution < -0.4 is 5.32 Å². The van der Waals surface area contributed by atoms with Crippen LogP contribution in [0.2, 0.25) is 0 Å². The van der Waals surface area contributed by atoms with E-state index in [2.05, 4.69) is 10.3 Å². The molecule has 2 rings (SSSR count). The largest absolute Gasteiger partial charge is 0.348 e. The summed E-state index contributed by atoms with van der Waals surface area (Å²) >= 11 is 0. The molecule has 0 bridgehead atoms. The van der Waals surface area contributed by atoms with E-state index in [-0.39, 0.29) is 11.9 Å². The fourth-order valence-corrected chi connectivity index (χ4v) is 2.66. The van der Waals surface area contributed by atoms with E-state index in [1.807, 2.05) is 25.1 Å². The van der Waals surface area contributed by atoms with Gasteiger partial charge in [-0.3, -0.25) is 9.78 Å². The lowest BCUT2D eigenvalue weighted by Crippen LogP contribution is -2.29. The van der Waals surface area contributed by atoms with Crippen LogP contribution in [0.1, 0.15) is 57.2 Å². The highest BCUT2D eigenvalue weighted by Gasteiger charge is 2.18. The Balaban J connectivity index is 1.80. The van der Waals surface area contributed by atoms with Gasteiger partial charge in [0.2, 0.25) is 5.91 Å². The van der Waals surface area contributed by atoms with Gasteiger partial charge in [-0.05, 0) is 37.8 Å². The number of carbonyl (C=O) groups excluding carboxylic acids is 1. The molecule has 1 aliphatic carbocycles. The van der Waals surface area contributed by atoms with E-state index in [0.717, 1.165) is 5.69 Å². The Morgan fingerprint density at radius 1 is 1.39 bits per heavy atom. The molecule has 1 N–H and O–H groups in total. The van der Waals surface area contributed by atoms with Gasteiger partial charge >= 0.3 is 0 Å². The SMILES string of the molecule is C[C@@H](NC(=O)CC1CCCCC1)c1ccccn1. The highest BCUT2D eigenvalue weighted by Crippen LogP contribution is 2.26. The van der Waals surface area contributed by atoms with Crippen molar-refractivity contribution < 1.29 is 4.79 Å². The van der Waals surface area contributed by atoms with Crippen LogP contribution in [0.25, 0.3) is 0 Å². The number of carbonyl (C=O) groups is 1. The third-order valence-corrected chi connectivity index (χ3v) is 3.71. The first kappa shape index (κ1) is 13.1. The summed E-state index contributed by atoms with van der Waals surface area (Å²) in [7, 11) is 0. The summed E-state index contributed by atoms with van der Waals surface area (Å²) in [5.74, 6) is 0.759. The minimum Gasteiger partial charge on any atom is -0.348 e. The van der Waals surface area contributed by atoms with E-state index in [0.29, 0.717) is 12.3 Å². The first-order valence-electron chi connectivity index (χ1n) is 6.96. The van der Waals surface area contributed by atoms with E-state index < -0.39 is 0 Å². The van der Waals surface area contributed by atoms with Crippen LogP contribution in [0, 0.1) is 5.92 Å². The predicted molar refractivity (Wildman–Crippen MR) is 72.0 cm³/mol. The average Bonchev–Trinajstić information content (AvgIpc) is 2.40. The molecule has 0 saturated heterocycles. The first-order valence-corrected chi connectivity index (χ1v) is 6.96. The molecule has 0 unspecified atom stereocenters. The normalized spacial score (nSPS) is 18.3. The highest BCUT2D eigenvalue weighted by molar-refractivity contribution is 5.76. The molecule has 3 nitrogen and oxygen atoms in total. The average molecular weight is 246 g/mol. The molecule has 0 spiro atoms. The van der Waals surface area contributed by atoms with Gasteiger partial charge in [0.05, 0.1) is 11.7 Å². The summed E-state index contributed by atoms with van der Waals surface area (Å²) in [5, 5.41) is 3.04. The van der Waals surface area contributed by atoms with E-state index in [9.17, 15) is 4.79 Å². The molecule has 0 aromatic carbocycles. The van der Waals surface area contributed by atoms with Crippen molar-refractivity contribution in [1.82, 2.24) is 10.3 Å². The van der Waals surface area contributed by atoms with Gasteiger partial charge in [0, 0.05) is 12.6 Å². The second-order valence-corrected chi connectivity index (χ2v) is 5.25. The van der Waals surface area contributed by atoms with Crippen molar-refractivity contribution in [1.29, 1.82) is 0 Å². The zero-order valence-electron chi connectivity index (χ0n) is 11.1. The lowest BCUT2D eigenvalue weighted by Gasteiger charge is -2.22. The second kappa shape index (κ2) is 6.53. The summed E-state index contributed by atoms with van der Waals surface area (Å²) < 4.78 is 0. The maximum atomic E-state index is 12.0. The van der Waals surface area contributed by atoms with Crippen LogP contribution >= 0.6 is 0 Å². The molecule has 1 aromatic heterocycles. The number of nitrogens with one attached hydrogen (secondary N) is 1. The number of pyridine rings is 1. The predicted octanol–water partition coefficient (Wildman–Crippen LogP) is 3.23. The first-order chi connectivity index (χ1) is 8.75. The molecule has 0 radical (unpaired) electrons. The summed E-state index contributed by atoms with van der Waals surface area (Å²) in [6.45, 7) is 1.99. The monoisotopic (exact) mass is 246 g/mol. The number of hydrogen-bond donors (Lipinski definition) is 1. The molecule has 1 aliphatic rings. The van der Waals surface area contributed by atoms with Crippen molar-refractivity contribution in [2.75, 3.05) is 0 Å². The molecular weight excluding hydrogens is 224 g/mol. The summed E-state index contributed by atoms with van der Waals surface area (Å²) in [5.41, 5.74) is 0.925.